The molecule has 2 aliphatic rings. The molecule has 2 heterocycles. The molecule has 156 valence electrons. The minimum absolute atomic E-state index is 0.0729. The van der Waals surface area contributed by atoms with Crippen molar-refractivity contribution in [3.8, 4) is 0 Å². The highest BCUT2D eigenvalue weighted by Gasteiger charge is 2.43. The second-order valence-corrected chi connectivity index (χ2v) is 7.64. The highest BCUT2D eigenvalue weighted by atomic mass is 35.5. The minimum atomic E-state index is -0.457. The third kappa shape index (κ3) is 3.84. The van der Waals surface area contributed by atoms with Crippen LogP contribution in [0.3, 0.4) is 0 Å². The summed E-state index contributed by atoms with van der Waals surface area (Å²) >= 11 is 6.08. The second kappa shape index (κ2) is 8.55. The third-order valence-corrected chi connectivity index (χ3v) is 5.60. The van der Waals surface area contributed by atoms with E-state index < -0.39 is 17.6 Å². The number of β-amino-alcohol motifs (C(OH)–C–C–N with tert-alkyl or cyclic N) is 1. The van der Waals surface area contributed by atoms with E-state index >= 15 is 0 Å². The van der Waals surface area contributed by atoms with Gasteiger partial charge in [0.05, 0.1) is 17.9 Å². The van der Waals surface area contributed by atoms with Gasteiger partial charge in [0.2, 0.25) is 0 Å². The SMILES string of the molecule is O=C1C(c2ccc(F)cc2)=C(N2CCN(CCO)CC2)C(=O)N1c1cccc(Cl)c1. The molecule has 0 radical (unpaired) electrons. The molecule has 2 aromatic carbocycles. The molecule has 0 aliphatic carbocycles. The molecule has 2 amide bonds. The number of carbonyl (C=O) groups excluding carboxylic acids is 2. The first-order valence-corrected chi connectivity index (χ1v) is 10.1. The van der Waals surface area contributed by atoms with Crippen LogP contribution in [0.1, 0.15) is 5.56 Å². The van der Waals surface area contributed by atoms with E-state index in [4.69, 9.17) is 16.7 Å². The van der Waals surface area contributed by atoms with Crippen molar-refractivity contribution in [1.82, 2.24) is 9.80 Å². The Balaban J connectivity index is 1.74. The second-order valence-electron chi connectivity index (χ2n) is 7.21. The number of anilines is 1. The van der Waals surface area contributed by atoms with Crippen LogP contribution in [-0.4, -0.2) is 66.1 Å². The Morgan fingerprint density at radius 1 is 0.967 bits per heavy atom. The predicted molar refractivity (Wildman–Crippen MR) is 112 cm³/mol. The van der Waals surface area contributed by atoms with Gasteiger partial charge in [-0.25, -0.2) is 9.29 Å². The van der Waals surface area contributed by atoms with E-state index in [-0.39, 0.29) is 12.2 Å². The fraction of sp³-hybridized carbons (Fsp3) is 0.273. The van der Waals surface area contributed by atoms with E-state index in [1.165, 1.54) is 24.3 Å². The number of aliphatic hydroxyl groups is 1. The summed E-state index contributed by atoms with van der Waals surface area (Å²) in [6.07, 6.45) is 0. The van der Waals surface area contributed by atoms with Crippen LogP contribution in [-0.2, 0) is 9.59 Å². The number of imide groups is 1. The van der Waals surface area contributed by atoms with E-state index in [1.807, 2.05) is 4.90 Å². The Kier molecular flexibility index (Phi) is 5.85. The first-order valence-electron chi connectivity index (χ1n) is 9.72. The molecular formula is C22H21ClFN3O3. The zero-order chi connectivity index (χ0) is 21.3. The predicted octanol–water partition coefficient (Wildman–Crippen LogP) is 2.37. The van der Waals surface area contributed by atoms with Crippen molar-refractivity contribution in [3.05, 3.63) is 70.6 Å². The molecule has 0 bridgehead atoms. The maximum Gasteiger partial charge on any atom is 0.282 e. The number of piperazine rings is 1. The number of hydrogen-bond donors (Lipinski definition) is 1. The van der Waals surface area contributed by atoms with Crippen molar-refractivity contribution in [1.29, 1.82) is 0 Å². The minimum Gasteiger partial charge on any atom is -0.395 e. The molecule has 30 heavy (non-hydrogen) atoms. The van der Waals surface area contributed by atoms with Gasteiger partial charge in [-0.2, -0.15) is 0 Å². The van der Waals surface area contributed by atoms with E-state index in [0.29, 0.717) is 54.7 Å². The molecule has 1 N–H and O–H groups in total. The van der Waals surface area contributed by atoms with Crippen molar-refractivity contribution in [2.75, 3.05) is 44.2 Å². The van der Waals surface area contributed by atoms with E-state index in [1.54, 1.807) is 24.3 Å². The van der Waals surface area contributed by atoms with Crippen LogP contribution < -0.4 is 4.90 Å². The summed E-state index contributed by atoms with van der Waals surface area (Å²) in [5.41, 5.74) is 1.46. The molecule has 2 aliphatic heterocycles. The van der Waals surface area contributed by atoms with Crippen LogP contribution >= 0.6 is 11.6 Å². The molecule has 1 saturated heterocycles. The van der Waals surface area contributed by atoms with E-state index in [0.717, 1.165) is 4.90 Å². The first kappa shape index (κ1) is 20.5. The van der Waals surface area contributed by atoms with E-state index in [2.05, 4.69) is 4.90 Å². The molecule has 0 unspecified atom stereocenters. The molecule has 0 saturated carbocycles. The number of benzene rings is 2. The summed E-state index contributed by atoms with van der Waals surface area (Å²) in [5, 5.41) is 9.58. The van der Waals surface area contributed by atoms with Crippen molar-refractivity contribution in [2.24, 2.45) is 0 Å². The number of halogens is 2. The Morgan fingerprint density at radius 2 is 1.67 bits per heavy atom. The zero-order valence-corrected chi connectivity index (χ0v) is 17.0. The smallest absolute Gasteiger partial charge is 0.282 e. The Bertz CT molecular complexity index is 1000. The largest absolute Gasteiger partial charge is 0.395 e. The van der Waals surface area contributed by atoms with E-state index in [9.17, 15) is 14.0 Å². The number of nitrogens with zero attached hydrogens (tertiary/aromatic N) is 3. The van der Waals surface area contributed by atoms with Crippen molar-refractivity contribution in [2.45, 2.75) is 0 Å². The Hall–Kier alpha value is -2.74. The van der Waals surface area contributed by atoms with Gasteiger partial charge in [0.15, 0.2) is 0 Å². The van der Waals surface area contributed by atoms with Gasteiger partial charge in [0.1, 0.15) is 11.5 Å². The molecule has 0 atom stereocenters. The lowest BCUT2D eigenvalue weighted by Gasteiger charge is -2.36. The van der Waals surface area contributed by atoms with Crippen molar-refractivity contribution >= 4 is 34.7 Å². The lowest BCUT2D eigenvalue weighted by Crippen LogP contribution is -2.48. The van der Waals surface area contributed by atoms with Gasteiger partial charge in [-0.05, 0) is 35.9 Å². The van der Waals surface area contributed by atoms with Crippen LogP contribution in [0.15, 0.2) is 54.2 Å². The molecule has 8 heteroatoms. The molecule has 1 fully saturated rings. The number of aliphatic hydroxyl groups excluding tert-OH is 1. The molecule has 4 rings (SSSR count). The topological polar surface area (TPSA) is 64.1 Å². The van der Waals surface area contributed by atoms with Gasteiger partial charge in [0, 0.05) is 37.7 Å². The standard InChI is InChI=1S/C22H21ClFN3O3/c23-16-2-1-3-18(14-16)27-21(29)19(15-4-6-17(24)7-5-15)20(22(27)30)26-10-8-25(9-11-26)12-13-28/h1-7,14,28H,8-13H2. The Labute approximate surface area is 178 Å². The van der Waals surface area contributed by atoms with Gasteiger partial charge in [-0.1, -0.05) is 29.8 Å². The fourth-order valence-electron chi connectivity index (χ4n) is 3.87. The van der Waals surface area contributed by atoms with Gasteiger partial charge in [-0.3, -0.25) is 14.5 Å². The summed E-state index contributed by atoms with van der Waals surface area (Å²) in [6, 6.07) is 12.2. The third-order valence-electron chi connectivity index (χ3n) is 5.36. The van der Waals surface area contributed by atoms with Crippen molar-refractivity contribution < 1.29 is 19.1 Å². The maximum atomic E-state index is 13.5. The lowest BCUT2D eigenvalue weighted by atomic mass is 10.0. The van der Waals surface area contributed by atoms with Gasteiger partial charge < -0.3 is 10.0 Å². The maximum absolute atomic E-state index is 13.5. The normalized spacial score (nSPS) is 18.0. The fourth-order valence-corrected chi connectivity index (χ4v) is 4.06. The molecule has 0 spiro atoms. The number of carbonyl (C=O) groups is 2. The quantitative estimate of drug-likeness (QED) is 0.739. The van der Waals surface area contributed by atoms with Crippen LogP contribution in [0.5, 0.6) is 0 Å². The van der Waals surface area contributed by atoms with Crippen LogP contribution in [0.25, 0.3) is 5.57 Å². The highest BCUT2D eigenvalue weighted by Crippen LogP contribution is 2.35. The van der Waals surface area contributed by atoms with Gasteiger partial charge >= 0.3 is 0 Å². The first-order chi connectivity index (χ1) is 14.5. The van der Waals surface area contributed by atoms with Crippen LogP contribution in [0, 0.1) is 5.82 Å². The number of hydrogen-bond acceptors (Lipinski definition) is 5. The zero-order valence-electron chi connectivity index (χ0n) is 16.2. The molecule has 6 nitrogen and oxygen atoms in total. The summed E-state index contributed by atoms with van der Waals surface area (Å²) < 4.78 is 13.5. The molecular weight excluding hydrogens is 409 g/mol. The van der Waals surface area contributed by atoms with Gasteiger partial charge in [-0.15, -0.1) is 0 Å². The van der Waals surface area contributed by atoms with Crippen LogP contribution in [0.4, 0.5) is 10.1 Å². The van der Waals surface area contributed by atoms with Crippen LogP contribution in [0.2, 0.25) is 5.02 Å². The summed E-state index contributed by atoms with van der Waals surface area (Å²) in [6.45, 7) is 3.06. The highest BCUT2D eigenvalue weighted by molar-refractivity contribution is 6.45. The summed E-state index contributed by atoms with van der Waals surface area (Å²) in [4.78, 5) is 31.9. The number of rotatable bonds is 5. The summed E-state index contributed by atoms with van der Waals surface area (Å²) in [5.74, 6) is -1.29. The molecule has 0 aromatic heterocycles. The average Bonchev–Trinajstić information content (AvgIpc) is 3.00. The average molecular weight is 430 g/mol. The van der Waals surface area contributed by atoms with Crippen molar-refractivity contribution in [3.63, 3.8) is 0 Å². The molecule has 2 aromatic rings. The Morgan fingerprint density at radius 3 is 2.30 bits per heavy atom. The lowest BCUT2D eigenvalue weighted by molar-refractivity contribution is -0.120. The van der Waals surface area contributed by atoms with Gasteiger partial charge in [0.25, 0.3) is 11.8 Å². The monoisotopic (exact) mass is 429 g/mol. The summed E-state index contributed by atoms with van der Waals surface area (Å²) in [7, 11) is 0. The number of amides is 2.